The molecular formula is C14H19F3N2S2. The number of hydrogen-bond donors (Lipinski definition) is 2. The van der Waals surface area contributed by atoms with Crippen LogP contribution in [0.4, 0.5) is 13.2 Å². The Morgan fingerprint density at radius 2 is 2.00 bits per heavy atom. The molecule has 1 aromatic rings. The van der Waals surface area contributed by atoms with Crippen molar-refractivity contribution in [3.63, 3.8) is 0 Å². The van der Waals surface area contributed by atoms with Gasteiger partial charge in [0.05, 0.1) is 11.6 Å². The van der Waals surface area contributed by atoms with Gasteiger partial charge >= 0.3 is 6.18 Å². The fourth-order valence-corrected chi connectivity index (χ4v) is 5.41. The molecule has 2 nitrogen and oxygen atoms in total. The summed E-state index contributed by atoms with van der Waals surface area (Å²) in [4.78, 5) is 0. The van der Waals surface area contributed by atoms with E-state index in [2.05, 4.69) is 19.3 Å². The van der Waals surface area contributed by atoms with Crippen LogP contribution in [0.5, 0.6) is 0 Å². The number of nitrogens with one attached hydrogen (secondary N) is 1. The van der Waals surface area contributed by atoms with Crippen LogP contribution in [0.2, 0.25) is 0 Å². The van der Waals surface area contributed by atoms with Crippen LogP contribution < -0.4 is 11.3 Å². The highest BCUT2D eigenvalue weighted by Crippen LogP contribution is 2.41. The number of nitrogens with two attached hydrogens (primary N) is 1. The van der Waals surface area contributed by atoms with Crippen molar-refractivity contribution in [2.45, 2.75) is 41.8 Å². The van der Waals surface area contributed by atoms with Crippen molar-refractivity contribution in [1.29, 1.82) is 0 Å². The van der Waals surface area contributed by atoms with Crippen molar-refractivity contribution < 1.29 is 13.2 Å². The first-order chi connectivity index (χ1) is 9.82. The summed E-state index contributed by atoms with van der Waals surface area (Å²) >= 11 is 3.63. The first-order valence-corrected chi connectivity index (χ1v) is 8.72. The van der Waals surface area contributed by atoms with E-state index in [1.165, 1.54) is 12.1 Å². The second-order valence-corrected chi connectivity index (χ2v) is 8.22. The standard InChI is InChI=1S/C14H19F3N2S2/c1-8-9(2)21-12(7-20-8)13(19-18)10-4-3-5-11(6-10)14(15,16)17/h3-6,8-9,12-13,19H,7,18H2,1-2H3. The molecule has 7 heteroatoms. The molecule has 2 rings (SSSR count). The molecule has 1 aliphatic rings. The molecule has 4 atom stereocenters. The maximum absolute atomic E-state index is 12.8. The predicted molar refractivity (Wildman–Crippen MR) is 84.3 cm³/mol. The van der Waals surface area contributed by atoms with E-state index in [1.807, 2.05) is 11.8 Å². The van der Waals surface area contributed by atoms with Gasteiger partial charge in [0.25, 0.3) is 0 Å². The SMILES string of the molecule is CC1SCC(C(NN)c2cccc(C(F)(F)F)c2)SC1C. The Hall–Kier alpha value is -0.370. The third-order valence-corrected chi connectivity index (χ3v) is 7.19. The minimum absolute atomic E-state index is 0.162. The Kier molecular flexibility index (Phi) is 5.51. The van der Waals surface area contributed by atoms with Gasteiger partial charge in [-0.3, -0.25) is 11.3 Å². The quantitative estimate of drug-likeness (QED) is 0.650. The number of hydrazine groups is 1. The Labute approximate surface area is 131 Å². The second-order valence-electron chi connectivity index (χ2n) is 5.19. The topological polar surface area (TPSA) is 38.0 Å². The third-order valence-electron chi connectivity index (χ3n) is 3.70. The number of rotatable bonds is 3. The normalized spacial score (nSPS) is 28.4. The van der Waals surface area contributed by atoms with Gasteiger partial charge in [0.2, 0.25) is 0 Å². The van der Waals surface area contributed by atoms with Crippen molar-refractivity contribution in [3.8, 4) is 0 Å². The van der Waals surface area contributed by atoms with Gasteiger partial charge in [-0.25, -0.2) is 0 Å². The minimum atomic E-state index is -4.33. The highest BCUT2D eigenvalue weighted by Gasteiger charge is 2.34. The average Bonchev–Trinajstić information content (AvgIpc) is 2.43. The molecule has 1 heterocycles. The highest BCUT2D eigenvalue weighted by atomic mass is 32.2. The zero-order valence-corrected chi connectivity index (χ0v) is 13.5. The monoisotopic (exact) mass is 336 g/mol. The Balaban J connectivity index is 2.22. The van der Waals surface area contributed by atoms with Gasteiger partial charge in [-0.15, -0.1) is 0 Å². The summed E-state index contributed by atoms with van der Waals surface area (Å²) in [6.07, 6.45) is -4.33. The van der Waals surface area contributed by atoms with Crippen LogP contribution in [-0.4, -0.2) is 21.5 Å². The molecule has 0 aliphatic carbocycles. The van der Waals surface area contributed by atoms with Gasteiger partial charge in [-0.05, 0) is 17.7 Å². The van der Waals surface area contributed by atoms with E-state index in [9.17, 15) is 13.2 Å². The fourth-order valence-electron chi connectivity index (χ4n) is 2.31. The molecule has 21 heavy (non-hydrogen) atoms. The van der Waals surface area contributed by atoms with Crippen LogP contribution in [0, 0.1) is 0 Å². The summed E-state index contributed by atoms with van der Waals surface area (Å²) in [7, 11) is 0. The van der Waals surface area contributed by atoms with Crippen molar-refractivity contribution in [1.82, 2.24) is 5.43 Å². The van der Waals surface area contributed by atoms with Crippen molar-refractivity contribution in [2.24, 2.45) is 5.84 Å². The van der Waals surface area contributed by atoms with Crippen LogP contribution in [0.15, 0.2) is 24.3 Å². The Bertz CT molecular complexity index is 482. The van der Waals surface area contributed by atoms with Crippen molar-refractivity contribution in [2.75, 3.05) is 5.75 Å². The lowest BCUT2D eigenvalue weighted by atomic mass is 10.0. The molecule has 1 aromatic carbocycles. The Morgan fingerprint density at radius 1 is 1.29 bits per heavy atom. The summed E-state index contributed by atoms with van der Waals surface area (Å²) in [6.45, 7) is 4.32. The predicted octanol–water partition coefficient (Wildman–Crippen LogP) is 3.84. The third kappa shape index (κ3) is 4.09. The fraction of sp³-hybridized carbons (Fsp3) is 0.571. The van der Waals surface area contributed by atoms with Crippen LogP contribution in [-0.2, 0) is 6.18 Å². The van der Waals surface area contributed by atoms with E-state index >= 15 is 0 Å². The molecule has 0 spiro atoms. The van der Waals surface area contributed by atoms with E-state index in [4.69, 9.17) is 5.84 Å². The van der Waals surface area contributed by atoms with Crippen LogP contribution in [0.25, 0.3) is 0 Å². The molecule has 1 saturated heterocycles. The number of halogens is 3. The molecule has 118 valence electrons. The molecular weight excluding hydrogens is 317 g/mol. The molecule has 0 saturated carbocycles. The van der Waals surface area contributed by atoms with Gasteiger partial charge < -0.3 is 0 Å². The molecule has 3 N–H and O–H groups in total. The van der Waals surface area contributed by atoms with E-state index < -0.39 is 11.7 Å². The van der Waals surface area contributed by atoms with E-state index in [-0.39, 0.29) is 11.3 Å². The lowest BCUT2D eigenvalue weighted by Crippen LogP contribution is -2.40. The highest BCUT2D eigenvalue weighted by molar-refractivity contribution is 8.07. The van der Waals surface area contributed by atoms with Crippen molar-refractivity contribution >= 4 is 23.5 Å². The zero-order valence-electron chi connectivity index (χ0n) is 11.9. The number of hydrogen-bond acceptors (Lipinski definition) is 4. The average molecular weight is 336 g/mol. The summed E-state index contributed by atoms with van der Waals surface area (Å²) in [6, 6.07) is 5.14. The van der Waals surface area contributed by atoms with E-state index in [0.29, 0.717) is 16.1 Å². The Morgan fingerprint density at radius 3 is 2.57 bits per heavy atom. The molecule has 0 bridgehead atoms. The van der Waals surface area contributed by atoms with E-state index in [1.54, 1.807) is 17.8 Å². The van der Waals surface area contributed by atoms with Crippen LogP contribution in [0.3, 0.4) is 0 Å². The number of benzene rings is 1. The molecule has 0 radical (unpaired) electrons. The zero-order chi connectivity index (χ0) is 15.6. The molecule has 4 unspecified atom stereocenters. The van der Waals surface area contributed by atoms with Gasteiger partial charge in [0.15, 0.2) is 0 Å². The smallest absolute Gasteiger partial charge is 0.271 e. The number of thioether (sulfide) groups is 2. The second kappa shape index (κ2) is 6.81. The van der Waals surface area contributed by atoms with Gasteiger partial charge in [-0.1, -0.05) is 26.0 Å². The molecule has 0 aromatic heterocycles. The van der Waals surface area contributed by atoms with Crippen molar-refractivity contribution in [3.05, 3.63) is 35.4 Å². The summed E-state index contributed by atoms with van der Waals surface area (Å²) in [5.74, 6) is 6.50. The lowest BCUT2D eigenvalue weighted by Gasteiger charge is -2.36. The van der Waals surface area contributed by atoms with Crippen LogP contribution >= 0.6 is 23.5 Å². The lowest BCUT2D eigenvalue weighted by molar-refractivity contribution is -0.137. The largest absolute Gasteiger partial charge is 0.416 e. The molecule has 0 amide bonds. The minimum Gasteiger partial charge on any atom is -0.271 e. The summed E-state index contributed by atoms with van der Waals surface area (Å²) in [5.41, 5.74) is 2.66. The molecule has 1 fully saturated rings. The first-order valence-electron chi connectivity index (χ1n) is 6.73. The summed E-state index contributed by atoms with van der Waals surface area (Å²) in [5, 5.41) is 1.16. The van der Waals surface area contributed by atoms with E-state index in [0.717, 1.165) is 11.8 Å². The maximum atomic E-state index is 12.8. The van der Waals surface area contributed by atoms with Gasteiger partial charge in [0, 0.05) is 21.5 Å². The summed E-state index contributed by atoms with van der Waals surface area (Å²) < 4.78 is 38.5. The first kappa shape index (κ1) is 17.0. The number of alkyl halides is 3. The van der Waals surface area contributed by atoms with Gasteiger partial charge in [-0.2, -0.15) is 36.7 Å². The maximum Gasteiger partial charge on any atom is 0.416 e. The molecule has 1 aliphatic heterocycles. The van der Waals surface area contributed by atoms with Gasteiger partial charge in [0.1, 0.15) is 0 Å². The van der Waals surface area contributed by atoms with Crippen LogP contribution in [0.1, 0.15) is 31.0 Å².